The number of hydrogen-bond donors (Lipinski definition) is 1. The number of H-pyrrole nitrogens is 1. The average molecular weight is 510 g/mol. The quantitative estimate of drug-likeness (QED) is 0.192. The average Bonchev–Trinajstić information content (AvgIpc) is 3.02. The first-order chi connectivity index (χ1) is 14.4. The zero-order valence-corrected chi connectivity index (χ0v) is 23.2. The minimum atomic E-state index is -4.70. The Hall–Kier alpha value is -1.62. The van der Waals surface area contributed by atoms with Crippen molar-refractivity contribution in [2.45, 2.75) is 9.79 Å². The number of carbonyl (C=O) groups is 1. The molecule has 0 unspecified atom stereocenters. The number of rotatable bonds is 6. The first-order valence-electron chi connectivity index (χ1n) is 8.22. The van der Waals surface area contributed by atoms with E-state index >= 15 is 0 Å². The van der Waals surface area contributed by atoms with E-state index in [1.54, 1.807) is 0 Å². The number of carboxylic acid groups (broad SMARTS) is 1. The van der Waals surface area contributed by atoms with E-state index in [2.05, 4.69) is 15.3 Å². The number of aromatic carboxylic acids is 1. The van der Waals surface area contributed by atoms with Crippen molar-refractivity contribution in [3.63, 3.8) is 0 Å². The second kappa shape index (κ2) is 11.2. The van der Waals surface area contributed by atoms with E-state index in [9.17, 15) is 36.1 Å². The smallest absolute Gasteiger partial charge is 0.744 e. The number of aromatic nitrogens is 2. The van der Waals surface area contributed by atoms with Crippen LogP contribution >= 0.6 is 0 Å². The summed E-state index contributed by atoms with van der Waals surface area (Å²) in [6.07, 6.45) is 1.02. The Kier molecular flexibility index (Phi) is 9.99. The summed E-state index contributed by atoms with van der Waals surface area (Å²) < 4.78 is 56.7. The van der Waals surface area contributed by atoms with Gasteiger partial charge in [-0.2, -0.15) is 5.11 Å². The predicted molar refractivity (Wildman–Crippen MR) is 102 cm³/mol. The van der Waals surface area contributed by atoms with Crippen molar-refractivity contribution >= 4 is 37.3 Å². The number of benzene rings is 2. The summed E-state index contributed by atoms with van der Waals surface area (Å²) in [7, 11) is -8.13. The Morgan fingerprint density at radius 2 is 1.42 bits per heavy atom. The normalized spacial score (nSPS) is 11.6. The van der Waals surface area contributed by atoms with Gasteiger partial charge >= 0.3 is 59.1 Å². The predicted octanol–water partition coefficient (Wildman–Crippen LogP) is -5.74. The molecule has 0 aliphatic carbocycles. The number of azo groups is 1. The van der Waals surface area contributed by atoms with E-state index in [0.717, 1.165) is 35.2 Å². The van der Waals surface area contributed by atoms with Crippen LogP contribution in [0.5, 0.6) is 0 Å². The summed E-state index contributed by atoms with van der Waals surface area (Å²) in [4.78, 5) is 23.5. The van der Waals surface area contributed by atoms with E-state index in [-0.39, 0.29) is 75.4 Å². The standard InChI is InChI=1S/C17H14N4O8S2.2Na/c1-30(25,26)12-6-2-10(3-7-12)18-19-14-15(17(23)24)20-21(16(14)22)11-4-8-13(9-5-11)31(27,28)29;;/h2-9,20H,1H3,(H,23,24)(H,27,28,29);;/q;2*+1/p-2. The van der Waals surface area contributed by atoms with Crippen molar-refractivity contribution in [2.24, 2.45) is 10.2 Å². The van der Waals surface area contributed by atoms with Crippen molar-refractivity contribution < 1.29 is 90.4 Å². The number of sulfone groups is 1. The van der Waals surface area contributed by atoms with Gasteiger partial charge in [0, 0.05) is 6.26 Å². The summed E-state index contributed by atoms with van der Waals surface area (Å²) in [5.41, 5.74) is -2.06. The van der Waals surface area contributed by atoms with Gasteiger partial charge in [-0.05, 0) is 48.5 Å². The number of carboxylic acids is 1. The van der Waals surface area contributed by atoms with Crippen LogP contribution < -0.4 is 69.8 Å². The molecule has 12 nitrogen and oxygen atoms in total. The SMILES string of the molecule is CS(=O)(=O)c1ccc(N=Nc2c(C(=O)[O-])[nH]n(-c3ccc(S(=O)(=O)[O-])cc3)c2=O)cc1.[Na+].[Na+]. The van der Waals surface area contributed by atoms with Gasteiger partial charge in [-0.1, -0.05) is 0 Å². The Balaban J connectivity index is 0.00000272. The molecule has 0 saturated carbocycles. The molecule has 0 atom stereocenters. The van der Waals surface area contributed by atoms with Crippen LogP contribution in [-0.4, -0.2) is 43.4 Å². The van der Waals surface area contributed by atoms with E-state index in [1.807, 2.05) is 0 Å². The first kappa shape index (κ1) is 29.4. The molecule has 0 aliphatic rings. The molecule has 16 heteroatoms. The van der Waals surface area contributed by atoms with Gasteiger partial charge in [0.15, 0.2) is 15.5 Å². The molecule has 33 heavy (non-hydrogen) atoms. The Labute approximate surface area is 232 Å². The fourth-order valence-electron chi connectivity index (χ4n) is 2.47. The van der Waals surface area contributed by atoms with Gasteiger partial charge in [0.25, 0.3) is 5.56 Å². The molecule has 1 heterocycles. The van der Waals surface area contributed by atoms with Gasteiger partial charge in [-0.25, -0.2) is 21.5 Å². The zero-order chi connectivity index (χ0) is 23.0. The number of carbonyl (C=O) groups excluding carboxylic acids is 1. The third kappa shape index (κ3) is 6.94. The Bertz CT molecular complexity index is 1460. The molecule has 0 fully saturated rings. The molecule has 0 spiro atoms. The van der Waals surface area contributed by atoms with Crippen LogP contribution in [0, 0.1) is 0 Å². The van der Waals surface area contributed by atoms with Crippen molar-refractivity contribution in [3.8, 4) is 5.69 Å². The fraction of sp³-hybridized carbons (Fsp3) is 0.0588. The van der Waals surface area contributed by atoms with Crippen molar-refractivity contribution in [2.75, 3.05) is 6.26 Å². The molecule has 3 rings (SSSR count). The number of nitrogens with one attached hydrogen (secondary N) is 1. The number of hydrogen-bond acceptors (Lipinski definition) is 10. The second-order valence-corrected chi connectivity index (χ2v) is 9.57. The van der Waals surface area contributed by atoms with Crippen LogP contribution in [0.2, 0.25) is 0 Å². The van der Waals surface area contributed by atoms with Crippen LogP contribution in [0.4, 0.5) is 11.4 Å². The van der Waals surface area contributed by atoms with Gasteiger partial charge in [0.2, 0.25) is 0 Å². The molecule has 0 saturated heterocycles. The van der Waals surface area contributed by atoms with Gasteiger partial charge in [-0.15, -0.1) is 5.11 Å². The summed E-state index contributed by atoms with van der Waals surface area (Å²) in [5.74, 6) is -1.75. The Morgan fingerprint density at radius 1 is 0.909 bits per heavy atom. The van der Waals surface area contributed by atoms with Gasteiger partial charge in [0.05, 0.1) is 27.1 Å². The minimum Gasteiger partial charge on any atom is -0.744 e. The molecule has 0 bridgehead atoms. The number of aromatic amines is 1. The molecule has 0 amide bonds. The van der Waals surface area contributed by atoms with Gasteiger partial charge < -0.3 is 14.5 Å². The van der Waals surface area contributed by atoms with E-state index < -0.39 is 47.8 Å². The molecular formula is C17H12N4Na2O8S2. The summed E-state index contributed by atoms with van der Waals surface area (Å²) in [6, 6.07) is 9.30. The topological polar surface area (TPSA) is 194 Å². The Morgan fingerprint density at radius 3 is 1.88 bits per heavy atom. The molecular weight excluding hydrogens is 498 g/mol. The van der Waals surface area contributed by atoms with Crippen molar-refractivity contribution in [1.29, 1.82) is 0 Å². The summed E-state index contributed by atoms with van der Waals surface area (Å²) in [6.45, 7) is 0. The van der Waals surface area contributed by atoms with Gasteiger partial charge in [0.1, 0.15) is 15.8 Å². The maximum absolute atomic E-state index is 12.6. The zero-order valence-electron chi connectivity index (χ0n) is 17.5. The molecule has 2 aromatic carbocycles. The van der Waals surface area contributed by atoms with Crippen molar-refractivity contribution in [1.82, 2.24) is 9.78 Å². The molecule has 0 aliphatic heterocycles. The maximum Gasteiger partial charge on any atom is 1.00 e. The molecule has 1 N–H and O–H groups in total. The third-order valence-electron chi connectivity index (χ3n) is 3.98. The van der Waals surface area contributed by atoms with Crippen LogP contribution in [0.25, 0.3) is 5.69 Å². The van der Waals surface area contributed by atoms with E-state index in [1.165, 1.54) is 24.3 Å². The molecule has 3 aromatic rings. The third-order valence-corrected chi connectivity index (χ3v) is 5.96. The molecule has 0 radical (unpaired) electrons. The fourth-order valence-corrected chi connectivity index (χ4v) is 3.57. The van der Waals surface area contributed by atoms with E-state index in [0.29, 0.717) is 0 Å². The summed E-state index contributed by atoms with van der Waals surface area (Å²) in [5, 5.41) is 21.0. The van der Waals surface area contributed by atoms with Crippen molar-refractivity contribution in [3.05, 3.63) is 64.6 Å². The van der Waals surface area contributed by atoms with Crippen LogP contribution in [0.3, 0.4) is 0 Å². The van der Waals surface area contributed by atoms with Crippen LogP contribution in [0.15, 0.2) is 73.3 Å². The second-order valence-electron chi connectivity index (χ2n) is 6.18. The van der Waals surface area contributed by atoms with Gasteiger partial charge in [-0.3, -0.25) is 9.89 Å². The van der Waals surface area contributed by atoms with Crippen LogP contribution in [-0.2, 0) is 20.0 Å². The molecule has 162 valence electrons. The molecule has 1 aromatic heterocycles. The minimum absolute atomic E-state index is 0. The number of nitrogens with zero attached hydrogens (tertiary/aromatic N) is 3. The van der Waals surface area contributed by atoms with Crippen LogP contribution in [0.1, 0.15) is 10.5 Å². The largest absolute Gasteiger partial charge is 1.00 e. The maximum atomic E-state index is 12.6. The first-order valence-corrected chi connectivity index (χ1v) is 11.5. The monoisotopic (exact) mass is 510 g/mol. The summed E-state index contributed by atoms with van der Waals surface area (Å²) >= 11 is 0. The van der Waals surface area contributed by atoms with E-state index in [4.69, 9.17) is 0 Å².